The van der Waals surface area contributed by atoms with Crippen LogP contribution < -0.4 is 0 Å². The first-order valence-electron chi connectivity index (χ1n) is 6.27. The normalized spacial score (nSPS) is 12.1. The molecular formula is C14H20O4. The molecule has 0 fully saturated rings. The quantitative estimate of drug-likeness (QED) is 0.578. The maximum atomic E-state index is 11.6. The number of hydrogen-bond donors (Lipinski definition) is 2. The van der Waals surface area contributed by atoms with Crippen molar-refractivity contribution in [3.63, 3.8) is 0 Å². The Morgan fingerprint density at radius 1 is 1.28 bits per heavy atom. The van der Waals surface area contributed by atoms with Crippen LogP contribution in [0.3, 0.4) is 0 Å². The predicted octanol–water partition coefficient (Wildman–Crippen LogP) is 2.49. The number of carbonyl (C=O) groups excluding carboxylic acids is 1. The van der Waals surface area contributed by atoms with Crippen molar-refractivity contribution in [2.75, 3.05) is 6.61 Å². The molecule has 0 saturated heterocycles. The van der Waals surface area contributed by atoms with E-state index in [1.807, 2.05) is 0 Å². The van der Waals surface area contributed by atoms with Crippen LogP contribution in [0.1, 0.15) is 43.0 Å². The van der Waals surface area contributed by atoms with E-state index in [1.54, 1.807) is 0 Å². The Balaban J connectivity index is 2.30. The van der Waals surface area contributed by atoms with E-state index < -0.39 is 12.1 Å². The van der Waals surface area contributed by atoms with Gasteiger partial charge in [-0.3, -0.25) is 0 Å². The molecule has 0 amide bonds. The molecule has 1 aromatic carbocycles. The molecule has 0 spiro atoms. The molecule has 4 nitrogen and oxygen atoms in total. The van der Waals surface area contributed by atoms with Crippen molar-refractivity contribution in [2.45, 2.75) is 38.7 Å². The summed E-state index contributed by atoms with van der Waals surface area (Å²) in [5.74, 6) is -0.379. The van der Waals surface area contributed by atoms with Crippen LogP contribution in [0.15, 0.2) is 24.3 Å². The average Bonchev–Trinajstić information content (AvgIpc) is 2.37. The largest absolute Gasteiger partial charge is 0.508 e. The van der Waals surface area contributed by atoms with Gasteiger partial charge in [-0.15, -0.1) is 0 Å². The van der Waals surface area contributed by atoms with Crippen molar-refractivity contribution in [2.24, 2.45) is 0 Å². The molecular weight excluding hydrogens is 232 g/mol. The van der Waals surface area contributed by atoms with Gasteiger partial charge in [0.1, 0.15) is 12.4 Å². The number of aliphatic hydroxyl groups is 1. The Bertz CT molecular complexity index is 359. The molecule has 1 atom stereocenters. The van der Waals surface area contributed by atoms with Crippen LogP contribution in [0.2, 0.25) is 0 Å². The first kappa shape index (κ1) is 14.5. The van der Waals surface area contributed by atoms with Crippen molar-refractivity contribution < 1.29 is 19.7 Å². The smallest absolute Gasteiger partial charge is 0.338 e. The first-order valence-corrected chi connectivity index (χ1v) is 6.27. The lowest BCUT2D eigenvalue weighted by Crippen LogP contribution is -2.18. The van der Waals surface area contributed by atoms with E-state index in [4.69, 9.17) is 9.84 Å². The van der Waals surface area contributed by atoms with Crippen LogP contribution in [0.4, 0.5) is 0 Å². The number of rotatable bonds is 7. The van der Waals surface area contributed by atoms with Crippen LogP contribution in [-0.4, -0.2) is 28.9 Å². The second-order valence-electron chi connectivity index (χ2n) is 4.29. The van der Waals surface area contributed by atoms with Gasteiger partial charge >= 0.3 is 5.97 Å². The molecule has 0 saturated carbocycles. The third-order valence-electron chi connectivity index (χ3n) is 2.65. The number of phenolic OH excluding ortho intramolecular Hbond substituents is 1. The zero-order chi connectivity index (χ0) is 13.4. The maximum absolute atomic E-state index is 11.6. The summed E-state index contributed by atoms with van der Waals surface area (Å²) >= 11 is 0. The highest BCUT2D eigenvalue weighted by Crippen LogP contribution is 2.11. The lowest BCUT2D eigenvalue weighted by atomic mass is 10.1. The van der Waals surface area contributed by atoms with E-state index >= 15 is 0 Å². The minimum Gasteiger partial charge on any atom is -0.508 e. The molecule has 1 rings (SSSR count). The zero-order valence-electron chi connectivity index (χ0n) is 10.6. The van der Waals surface area contributed by atoms with Crippen LogP contribution in [-0.2, 0) is 4.74 Å². The molecule has 0 radical (unpaired) electrons. The minimum absolute atomic E-state index is 0.0173. The van der Waals surface area contributed by atoms with Gasteiger partial charge in [0.15, 0.2) is 0 Å². The second-order valence-corrected chi connectivity index (χ2v) is 4.29. The van der Waals surface area contributed by atoms with Crippen molar-refractivity contribution in [3.05, 3.63) is 29.8 Å². The van der Waals surface area contributed by atoms with E-state index in [0.717, 1.165) is 19.3 Å². The highest BCUT2D eigenvalue weighted by atomic mass is 16.5. The Morgan fingerprint density at radius 3 is 2.56 bits per heavy atom. The fourth-order valence-electron chi connectivity index (χ4n) is 1.57. The molecule has 0 unspecified atom stereocenters. The summed E-state index contributed by atoms with van der Waals surface area (Å²) in [4.78, 5) is 11.6. The van der Waals surface area contributed by atoms with E-state index in [2.05, 4.69) is 6.92 Å². The van der Waals surface area contributed by atoms with Crippen LogP contribution >= 0.6 is 0 Å². The highest BCUT2D eigenvalue weighted by Gasteiger charge is 2.10. The molecule has 0 aromatic heterocycles. The number of aliphatic hydroxyl groups excluding tert-OH is 1. The van der Waals surface area contributed by atoms with Gasteiger partial charge in [0, 0.05) is 0 Å². The zero-order valence-corrected chi connectivity index (χ0v) is 10.6. The third kappa shape index (κ3) is 5.19. The van der Waals surface area contributed by atoms with Gasteiger partial charge in [0.2, 0.25) is 0 Å². The molecule has 0 aliphatic heterocycles. The van der Waals surface area contributed by atoms with Crippen LogP contribution in [0, 0.1) is 0 Å². The Labute approximate surface area is 107 Å². The molecule has 0 heterocycles. The second kappa shape index (κ2) is 7.71. The molecule has 1 aromatic rings. The summed E-state index contributed by atoms with van der Waals surface area (Å²) in [6.45, 7) is 2.11. The number of esters is 1. The summed E-state index contributed by atoms with van der Waals surface area (Å²) in [7, 11) is 0. The average molecular weight is 252 g/mol. The van der Waals surface area contributed by atoms with Gasteiger partial charge in [-0.2, -0.15) is 0 Å². The number of phenols is 1. The van der Waals surface area contributed by atoms with Crippen LogP contribution in [0.25, 0.3) is 0 Å². The van der Waals surface area contributed by atoms with Crippen molar-refractivity contribution in [3.8, 4) is 5.75 Å². The molecule has 0 aliphatic rings. The molecule has 18 heavy (non-hydrogen) atoms. The third-order valence-corrected chi connectivity index (χ3v) is 2.65. The van der Waals surface area contributed by atoms with Gasteiger partial charge in [0.05, 0.1) is 11.7 Å². The summed E-state index contributed by atoms with van der Waals surface area (Å²) in [5, 5.41) is 18.7. The summed E-state index contributed by atoms with van der Waals surface area (Å²) in [6.07, 6.45) is 3.16. The van der Waals surface area contributed by atoms with E-state index in [1.165, 1.54) is 24.3 Å². The van der Waals surface area contributed by atoms with Crippen molar-refractivity contribution in [1.29, 1.82) is 0 Å². The fourth-order valence-corrected chi connectivity index (χ4v) is 1.57. The number of carbonyl (C=O) groups is 1. The summed E-state index contributed by atoms with van der Waals surface area (Å²) < 4.78 is 4.99. The standard InChI is InChI=1S/C14H20O4/c1-2-3-4-5-13(16)10-18-14(17)11-6-8-12(15)9-7-11/h6-9,13,15-16H,2-5,10H2,1H3/t13-/m0/s1. The van der Waals surface area contributed by atoms with Crippen LogP contribution in [0.5, 0.6) is 5.75 Å². The minimum atomic E-state index is -0.599. The molecule has 2 N–H and O–H groups in total. The maximum Gasteiger partial charge on any atom is 0.338 e. The van der Waals surface area contributed by atoms with E-state index in [-0.39, 0.29) is 12.4 Å². The first-order chi connectivity index (χ1) is 8.63. The van der Waals surface area contributed by atoms with E-state index in [9.17, 15) is 9.90 Å². The van der Waals surface area contributed by atoms with Gasteiger partial charge in [-0.25, -0.2) is 4.79 Å². The molecule has 0 aliphatic carbocycles. The van der Waals surface area contributed by atoms with E-state index in [0.29, 0.717) is 12.0 Å². The number of hydrogen-bond acceptors (Lipinski definition) is 4. The summed E-state index contributed by atoms with van der Waals surface area (Å²) in [6, 6.07) is 5.82. The highest BCUT2D eigenvalue weighted by molar-refractivity contribution is 5.89. The van der Waals surface area contributed by atoms with Gasteiger partial charge in [0.25, 0.3) is 0 Å². The Morgan fingerprint density at radius 2 is 1.94 bits per heavy atom. The fraction of sp³-hybridized carbons (Fsp3) is 0.500. The summed E-state index contributed by atoms with van der Waals surface area (Å²) in [5.41, 5.74) is 0.369. The number of ether oxygens (including phenoxy) is 1. The van der Waals surface area contributed by atoms with Crippen molar-refractivity contribution >= 4 is 5.97 Å². The van der Waals surface area contributed by atoms with Gasteiger partial charge < -0.3 is 14.9 Å². The molecule has 0 bridgehead atoms. The number of unbranched alkanes of at least 4 members (excludes halogenated alkanes) is 2. The monoisotopic (exact) mass is 252 g/mol. The van der Waals surface area contributed by atoms with Crippen molar-refractivity contribution in [1.82, 2.24) is 0 Å². The van der Waals surface area contributed by atoms with Gasteiger partial charge in [-0.05, 0) is 30.7 Å². The predicted molar refractivity (Wildman–Crippen MR) is 68.5 cm³/mol. The topological polar surface area (TPSA) is 66.8 Å². The SMILES string of the molecule is CCCCC[C@H](O)COC(=O)c1ccc(O)cc1. The Hall–Kier alpha value is -1.55. The van der Waals surface area contributed by atoms with Gasteiger partial charge in [-0.1, -0.05) is 26.2 Å². The lowest BCUT2D eigenvalue weighted by molar-refractivity contribution is 0.0233. The Kier molecular flexibility index (Phi) is 6.22. The number of aromatic hydroxyl groups is 1. The lowest BCUT2D eigenvalue weighted by Gasteiger charge is -2.11. The number of benzene rings is 1. The molecule has 4 heteroatoms. The molecule has 100 valence electrons.